The molecule has 0 bridgehead atoms. The van der Waals surface area contributed by atoms with Gasteiger partial charge in [-0.3, -0.25) is 9.59 Å². The van der Waals surface area contributed by atoms with Gasteiger partial charge in [0.15, 0.2) is 0 Å². The van der Waals surface area contributed by atoms with Crippen molar-refractivity contribution in [3.63, 3.8) is 0 Å². The molecule has 1 aromatic carbocycles. The van der Waals surface area contributed by atoms with Crippen LogP contribution in [0.5, 0.6) is 0 Å². The highest BCUT2D eigenvalue weighted by Gasteiger charge is 2.12. The van der Waals surface area contributed by atoms with Crippen LogP contribution in [0.4, 0.5) is 0 Å². The predicted molar refractivity (Wildman–Crippen MR) is 80.3 cm³/mol. The topological polar surface area (TPSA) is 68.3 Å². The maximum Gasteiger partial charge on any atom is 0.305 e. The number of esters is 1. The maximum absolute atomic E-state index is 12.2. The van der Waals surface area contributed by atoms with E-state index in [1.165, 1.54) is 7.11 Å². The van der Waals surface area contributed by atoms with Gasteiger partial charge in [0.25, 0.3) is 5.91 Å². The van der Waals surface area contributed by atoms with Crippen LogP contribution in [0.15, 0.2) is 30.3 Å². The minimum atomic E-state index is -0.290. The number of ether oxygens (including phenoxy) is 1. The molecule has 2 aromatic rings. The van der Waals surface area contributed by atoms with Gasteiger partial charge in [-0.05, 0) is 18.6 Å². The van der Waals surface area contributed by atoms with Gasteiger partial charge in [0.05, 0.1) is 18.2 Å². The molecule has 6 heteroatoms. The fourth-order valence-electron chi connectivity index (χ4n) is 1.96. The molecule has 0 saturated carbocycles. The van der Waals surface area contributed by atoms with E-state index in [0.717, 1.165) is 5.39 Å². The molecule has 0 aliphatic carbocycles. The largest absolute Gasteiger partial charge is 0.469 e. The van der Waals surface area contributed by atoms with Crippen molar-refractivity contribution in [2.24, 2.45) is 0 Å². The number of benzene rings is 1. The van der Waals surface area contributed by atoms with Crippen LogP contribution in [0.25, 0.3) is 10.9 Å². The van der Waals surface area contributed by atoms with Gasteiger partial charge in [0.2, 0.25) is 0 Å². The zero-order chi connectivity index (χ0) is 15.2. The third-order valence-corrected chi connectivity index (χ3v) is 3.19. The van der Waals surface area contributed by atoms with Crippen molar-refractivity contribution in [1.82, 2.24) is 10.3 Å². The number of rotatable bonds is 5. The molecule has 2 rings (SSSR count). The first-order valence-corrected chi connectivity index (χ1v) is 6.90. The molecule has 0 aliphatic rings. The molecular formula is C15H15ClN2O3. The number of nitrogens with zero attached hydrogens (tertiary/aromatic N) is 1. The summed E-state index contributed by atoms with van der Waals surface area (Å²) >= 11 is 5.94. The summed E-state index contributed by atoms with van der Waals surface area (Å²) in [6.07, 6.45) is 0.795. The third-order valence-electron chi connectivity index (χ3n) is 3.00. The van der Waals surface area contributed by atoms with E-state index < -0.39 is 0 Å². The fraction of sp³-hybridized carbons (Fsp3) is 0.267. The van der Waals surface area contributed by atoms with Gasteiger partial charge in [-0.1, -0.05) is 29.8 Å². The molecule has 0 unspecified atom stereocenters. The lowest BCUT2D eigenvalue weighted by Crippen LogP contribution is -2.25. The Bertz CT molecular complexity index is 673. The Kier molecular flexibility index (Phi) is 5.11. The number of fused-ring (bicyclic) bond motifs is 1. The van der Waals surface area contributed by atoms with Gasteiger partial charge in [-0.2, -0.15) is 0 Å². The van der Waals surface area contributed by atoms with E-state index in [4.69, 9.17) is 11.6 Å². The highest BCUT2D eigenvalue weighted by atomic mass is 35.5. The third kappa shape index (κ3) is 3.92. The molecule has 1 amide bonds. The Balaban J connectivity index is 2.07. The smallest absolute Gasteiger partial charge is 0.305 e. The van der Waals surface area contributed by atoms with E-state index in [9.17, 15) is 9.59 Å². The highest BCUT2D eigenvalue weighted by Crippen LogP contribution is 2.20. The number of para-hydroxylation sites is 1. The molecule has 0 fully saturated rings. The van der Waals surface area contributed by atoms with Crippen molar-refractivity contribution in [2.75, 3.05) is 13.7 Å². The zero-order valence-electron chi connectivity index (χ0n) is 11.6. The first kappa shape index (κ1) is 15.3. The number of hydrogen-bond acceptors (Lipinski definition) is 4. The van der Waals surface area contributed by atoms with Crippen LogP contribution in [0.3, 0.4) is 0 Å². The Morgan fingerprint density at radius 3 is 2.86 bits per heavy atom. The molecule has 110 valence electrons. The summed E-state index contributed by atoms with van der Waals surface area (Å²) in [6.45, 7) is 0.391. The van der Waals surface area contributed by atoms with Crippen LogP contribution in [-0.4, -0.2) is 30.5 Å². The van der Waals surface area contributed by atoms with Crippen molar-refractivity contribution in [1.29, 1.82) is 0 Å². The average molecular weight is 307 g/mol. The summed E-state index contributed by atoms with van der Waals surface area (Å²) in [5.41, 5.74) is 1.15. The van der Waals surface area contributed by atoms with Gasteiger partial charge in [0, 0.05) is 18.4 Å². The summed E-state index contributed by atoms with van der Waals surface area (Å²) in [5, 5.41) is 3.78. The van der Waals surface area contributed by atoms with E-state index in [1.807, 2.05) is 18.2 Å². The molecule has 0 aliphatic heterocycles. The summed E-state index contributed by atoms with van der Waals surface area (Å²) in [6, 6.07) is 8.84. The quantitative estimate of drug-likeness (QED) is 0.524. The predicted octanol–water partition coefficient (Wildman–Crippen LogP) is 2.57. The normalized spacial score (nSPS) is 10.4. The zero-order valence-corrected chi connectivity index (χ0v) is 12.3. The van der Waals surface area contributed by atoms with Crippen molar-refractivity contribution < 1.29 is 14.3 Å². The Labute approximate surface area is 127 Å². The van der Waals surface area contributed by atoms with Gasteiger partial charge < -0.3 is 10.1 Å². The first-order valence-electron chi connectivity index (χ1n) is 6.52. The number of pyridine rings is 1. The molecule has 1 N–H and O–H groups in total. The van der Waals surface area contributed by atoms with Crippen LogP contribution < -0.4 is 5.32 Å². The molecule has 0 saturated heterocycles. The second kappa shape index (κ2) is 7.04. The summed E-state index contributed by atoms with van der Waals surface area (Å²) in [7, 11) is 1.34. The minimum Gasteiger partial charge on any atom is -0.469 e. The standard InChI is InChI=1S/C15H15ClN2O3/c1-21-14(19)7-4-8-17-15(20)11-9-13(16)18-12-6-3-2-5-10(11)12/h2-3,5-6,9H,4,7-8H2,1H3,(H,17,20). The monoisotopic (exact) mass is 306 g/mol. The second-order valence-electron chi connectivity index (χ2n) is 4.45. The average Bonchev–Trinajstić information content (AvgIpc) is 2.50. The molecule has 0 spiro atoms. The molecule has 0 atom stereocenters. The van der Waals surface area contributed by atoms with Crippen molar-refractivity contribution in [3.05, 3.63) is 41.0 Å². The number of amides is 1. The van der Waals surface area contributed by atoms with Crippen LogP contribution in [0.1, 0.15) is 23.2 Å². The van der Waals surface area contributed by atoms with E-state index in [0.29, 0.717) is 24.0 Å². The number of carbonyl (C=O) groups excluding carboxylic acids is 2. The molecule has 1 heterocycles. The Hall–Kier alpha value is -2.14. The van der Waals surface area contributed by atoms with Crippen molar-refractivity contribution in [3.8, 4) is 0 Å². The molecular weight excluding hydrogens is 292 g/mol. The molecule has 21 heavy (non-hydrogen) atoms. The molecule has 1 aromatic heterocycles. The van der Waals surface area contributed by atoms with Gasteiger partial charge >= 0.3 is 5.97 Å². The number of aromatic nitrogens is 1. The van der Waals surface area contributed by atoms with Crippen molar-refractivity contribution >= 4 is 34.4 Å². The number of nitrogens with one attached hydrogen (secondary N) is 1. The summed E-state index contributed by atoms with van der Waals surface area (Å²) in [5.74, 6) is -0.526. The number of methoxy groups -OCH3 is 1. The first-order chi connectivity index (χ1) is 10.1. The van der Waals surface area contributed by atoms with Crippen LogP contribution >= 0.6 is 11.6 Å². The van der Waals surface area contributed by atoms with Crippen LogP contribution in [-0.2, 0) is 9.53 Å². The number of halogens is 1. The second-order valence-corrected chi connectivity index (χ2v) is 4.83. The number of carbonyl (C=O) groups is 2. The van der Waals surface area contributed by atoms with Gasteiger partial charge in [0.1, 0.15) is 5.15 Å². The molecule has 0 radical (unpaired) electrons. The van der Waals surface area contributed by atoms with E-state index in [-0.39, 0.29) is 23.5 Å². The van der Waals surface area contributed by atoms with Crippen LogP contribution in [0.2, 0.25) is 5.15 Å². The summed E-state index contributed by atoms with van der Waals surface area (Å²) in [4.78, 5) is 27.4. The highest BCUT2D eigenvalue weighted by molar-refractivity contribution is 6.30. The van der Waals surface area contributed by atoms with Gasteiger partial charge in [-0.15, -0.1) is 0 Å². The Morgan fingerprint density at radius 1 is 1.33 bits per heavy atom. The summed E-state index contributed by atoms with van der Waals surface area (Å²) < 4.78 is 4.54. The lowest BCUT2D eigenvalue weighted by molar-refractivity contribution is -0.140. The SMILES string of the molecule is COC(=O)CCCNC(=O)c1cc(Cl)nc2ccccc12. The van der Waals surface area contributed by atoms with Crippen LogP contribution in [0, 0.1) is 0 Å². The van der Waals surface area contributed by atoms with E-state index >= 15 is 0 Å². The number of hydrogen-bond donors (Lipinski definition) is 1. The van der Waals surface area contributed by atoms with E-state index in [2.05, 4.69) is 15.0 Å². The Morgan fingerprint density at radius 2 is 2.10 bits per heavy atom. The lowest BCUT2D eigenvalue weighted by Gasteiger charge is -2.08. The minimum absolute atomic E-state index is 0.236. The molecule has 5 nitrogen and oxygen atoms in total. The van der Waals surface area contributed by atoms with E-state index in [1.54, 1.807) is 12.1 Å². The van der Waals surface area contributed by atoms with Gasteiger partial charge in [-0.25, -0.2) is 4.98 Å². The lowest BCUT2D eigenvalue weighted by atomic mass is 10.1. The van der Waals surface area contributed by atoms with Crippen molar-refractivity contribution in [2.45, 2.75) is 12.8 Å². The maximum atomic E-state index is 12.2. The fourth-order valence-corrected chi connectivity index (χ4v) is 2.16.